The summed E-state index contributed by atoms with van der Waals surface area (Å²) < 4.78 is 13.7. The first kappa shape index (κ1) is 28.1. The number of para-hydroxylation sites is 2. The Morgan fingerprint density at radius 1 is 1.15 bits per heavy atom. The van der Waals surface area contributed by atoms with Crippen LogP contribution in [-0.2, 0) is 10.5 Å². The van der Waals surface area contributed by atoms with E-state index in [-0.39, 0.29) is 5.91 Å². The minimum absolute atomic E-state index is 0.277. The first-order valence-corrected chi connectivity index (χ1v) is 14.7. The first-order valence-electron chi connectivity index (χ1n) is 12.6. The van der Waals surface area contributed by atoms with Crippen molar-refractivity contribution >= 4 is 56.8 Å². The molecule has 0 radical (unpaired) electrons. The molecule has 40 heavy (non-hydrogen) atoms. The number of aromatic nitrogens is 3. The molecule has 3 aromatic carbocycles. The molecule has 5 rings (SSSR count). The molecule has 0 aliphatic carbocycles. The molecule has 0 bridgehead atoms. The van der Waals surface area contributed by atoms with Gasteiger partial charge in [0.05, 0.1) is 29.4 Å². The molecule has 2 N–H and O–H groups in total. The third-order valence-electron chi connectivity index (χ3n) is 6.32. The molecule has 206 valence electrons. The number of carbonyl (C=O) groups excluding carboxylic acids is 1. The zero-order valence-corrected chi connectivity index (χ0v) is 25.2. The van der Waals surface area contributed by atoms with Crippen LogP contribution in [0.5, 0.6) is 11.5 Å². The number of hydrogen-bond acceptors (Lipinski definition) is 7. The Labute approximate surface area is 250 Å². The van der Waals surface area contributed by atoms with Crippen LogP contribution in [0.4, 0.5) is 11.6 Å². The predicted octanol–water partition coefficient (Wildman–Crippen LogP) is 7.32. The van der Waals surface area contributed by atoms with Crippen molar-refractivity contribution in [1.29, 1.82) is 0 Å². The molecule has 0 saturated carbocycles. The smallest absolute Gasteiger partial charge is 0.255 e. The molecule has 1 unspecified atom stereocenters. The third-order valence-corrected chi connectivity index (χ3v) is 8.19. The summed E-state index contributed by atoms with van der Waals surface area (Å²) in [5.41, 5.74) is 3.59. The summed E-state index contributed by atoms with van der Waals surface area (Å²) in [6.45, 7) is 4.25. The maximum absolute atomic E-state index is 13.9. The van der Waals surface area contributed by atoms with Crippen LogP contribution < -0.4 is 20.1 Å². The molecule has 1 amide bonds. The second-order valence-electron chi connectivity index (χ2n) is 8.89. The van der Waals surface area contributed by atoms with Crippen LogP contribution in [0.3, 0.4) is 0 Å². The highest BCUT2D eigenvalue weighted by atomic mass is 79.9. The zero-order valence-electron chi connectivity index (χ0n) is 22.1. The van der Waals surface area contributed by atoms with E-state index in [1.165, 1.54) is 11.8 Å². The number of methoxy groups -OCH3 is 1. The van der Waals surface area contributed by atoms with Crippen molar-refractivity contribution in [2.75, 3.05) is 24.4 Å². The summed E-state index contributed by atoms with van der Waals surface area (Å²) in [6, 6.07) is 20.2. The highest BCUT2D eigenvalue weighted by Crippen LogP contribution is 2.40. The second-order valence-corrected chi connectivity index (χ2v) is 11.1. The molecule has 1 aliphatic rings. The van der Waals surface area contributed by atoms with E-state index in [0.717, 1.165) is 15.6 Å². The molecule has 1 aliphatic heterocycles. The highest BCUT2D eigenvalue weighted by Gasteiger charge is 2.35. The summed E-state index contributed by atoms with van der Waals surface area (Å²) >= 11 is 11.4. The monoisotopic (exact) mass is 639 g/mol. The minimum Gasteiger partial charge on any atom is -0.496 e. The average Bonchev–Trinajstić information content (AvgIpc) is 3.35. The van der Waals surface area contributed by atoms with Crippen LogP contribution in [0.15, 0.2) is 87.6 Å². The van der Waals surface area contributed by atoms with Crippen LogP contribution in [-0.4, -0.2) is 34.4 Å². The number of allylic oxidation sites excluding steroid dienone is 1. The fourth-order valence-corrected chi connectivity index (χ4v) is 6.12. The number of anilines is 2. The van der Waals surface area contributed by atoms with E-state index < -0.39 is 6.04 Å². The Hall–Kier alpha value is -3.47. The number of hydrogen-bond donors (Lipinski definition) is 2. The van der Waals surface area contributed by atoms with Crippen LogP contribution in [0, 0.1) is 0 Å². The summed E-state index contributed by atoms with van der Waals surface area (Å²) in [7, 11) is 1.61. The summed E-state index contributed by atoms with van der Waals surface area (Å²) in [6.07, 6.45) is 0. The van der Waals surface area contributed by atoms with Crippen molar-refractivity contribution in [3.63, 3.8) is 0 Å². The van der Waals surface area contributed by atoms with Gasteiger partial charge in [-0.15, -0.1) is 5.10 Å². The van der Waals surface area contributed by atoms with Crippen molar-refractivity contribution in [1.82, 2.24) is 14.8 Å². The van der Waals surface area contributed by atoms with E-state index in [4.69, 9.17) is 31.2 Å². The Morgan fingerprint density at radius 3 is 2.67 bits per heavy atom. The van der Waals surface area contributed by atoms with E-state index in [9.17, 15) is 4.79 Å². The number of nitrogens with one attached hydrogen (secondary N) is 2. The van der Waals surface area contributed by atoms with Gasteiger partial charge in [-0.1, -0.05) is 59.8 Å². The number of ether oxygens (including phenoxy) is 2. The number of carbonyl (C=O) groups is 1. The summed E-state index contributed by atoms with van der Waals surface area (Å²) in [5, 5.41) is 12.4. The molecular formula is C29H27BrClN5O3S. The van der Waals surface area contributed by atoms with Crippen LogP contribution in [0.2, 0.25) is 5.02 Å². The summed E-state index contributed by atoms with van der Waals surface area (Å²) in [4.78, 5) is 18.6. The van der Waals surface area contributed by atoms with Crippen molar-refractivity contribution in [3.8, 4) is 11.5 Å². The number of nitrogens with zero attached hydrogens (tertiary/aromatic N) is 3. The van der Waals surface area contributed by atoms with Gasteiger partial charge in [-0.25, -0.2) is 4.68 Å². The van der Waals surface area contributed by atoms with Crippen LogP contribution in [0.25, 0.3) is 0 Å². The third kappa shape index (κ3) is 5.84. The molecule has 8 nitrogen and oxygen atoms in total. The lowest BCUT2D eigenvalue weighted by molar-refractivity contribution is -0.113. The molecule has 0 fully saturated rings. The predicted molar refractivity (Wildman–Crippen MR) is 162 cm³/mol. The van der Waals surface area contributed by atoms with Crippen molar-refractivity contribution in [2.24, 2.45) is 0 Å². The maximum atomic E-state index is 13.9. The molecule has 2 heterocycles. The topological polar surface area (TPSA) is 90.3 Å². The van der Waals surface area contributed by atoms with E-state index in [1.54, 1.807) is 11.8 Å². The van der Waals surface area contributed by atoms with Gasteiger partial charge in [-0.2, -0.15) is 4.98 Å². The molecule has 11 heteroatoms. The van der Waals surface area contributed by atoms with E-state index in [1.807, 2.05) is 80.6 Å². The van der Waals surface area contributed by atoms with Gasteiger partial charge in [0.1, 0.15) is 17.5 Å². The first-order chi connectivity index (χ1) is 19.4. The normalized spacial score (nSPS) is 14.4. The van der Waals surface area contributed by atoms with Gasteiger partial charge in [0.2, 0.25) is 11.1 Å². The lowest BCUT2D eigenvalue weighted by Gasteiger charge is -2.29. The van der Waals surface area contributed by atoms with Gasteiger partial charge in [-0.3, -0.25) is 4.79 Å². The fourth-order valence-electron chi connectivity index (χ4n) is 4.45. The number of amides is 1. The fraction of sp³-hybridized carbons (Fsp3) is 0.207. The number of halogens is 2. The van der Waals surface area contributed by atoms with Gasteiger partial charge in [0.15, 0.2) is 0 Å². The summed E-state index contributed by atoms with van der Waals surface area (Å²) in [5.74, 6) is 2.16. The lowest BCUT2D eigenvalue weighted by Crippen LogP contribution is -2.31. The Balaban J connectivity index is 1.52. The van der Waals surface area contributed by atoms with Crippen LogP contribution >= 0.6 is 39.3 Å². The molecular weight excluding hydrogens is 614 g/mol. The van der Waals surface area contributed by atoms with Crippen LogP contribution in [0.1, 0.15) is 31.0 Å². The quantitative estimate of drug-likeness (QED) is 0.185. The van der Waals surface area contributed by atoms with Gasteiger partial charge in [0.25, 0.3) is 5.91 Å². The van der Waals surface area contributed by atoms with Crippen molar-refractivity contribution in [3.05, 3.63) is 98.6 Å². The molecule has 4 aromatic rings. The number of thioether (sulfide) groups is 1. The van der Waals surface area contributed by atoms with E-state index >= 15 is 0 Å². The SMILES string of the molecule is CCOc1ccccc1NC(=O)C1=C(C)Nc2nc(SCc3ccccc3Cl)nn2C1c1ccc(OC)c(Br)c1. The Morgan fingerprint density at radius 2 is 1.93 bits per heavy atom. The zero-order chi connectivity index (χ0) is 28.2. The maximum Gasteiger partial charge on any atom is 0.255 e. The Kier molecular flexibility index (Phi) is 8.68. The molecule has 0 saturated heterocycles. The van der Waals surface area contributed by atoms with Crippen molar-refractivity contribution in [2.45, 2.75) is 30.8 Å². The van der Waals surface area contributed by atoms with Crippen molar-refractivity contribution < 1.29 is 14.3 Å². The standard InChI is InChI=1S/C29H27BrClN5O3S/c1-4-39-24-12-8-7-11-22(24)33-27(37)25-17(2)32-28-34-29(40-16-19-9-5-6-10-21(19)31)35-36(28)26(25)18-13-14-23(38-3)20(30)15-18/h5-15,26H,4,16H2,1-3H3,(H,33,37)(H,32,34,35). The molecule has 0 spiro atoms. The molecule has 1 atom stereocenters. The lowest BCUT2D eigenvalue weighted by atomic mass is 9.95. The number of rotatable bonds is 9. The largest absolute Gasteiger partial charge is 0.496 e. The van der Waals surface area contributed by atoms with Gasteiger partial charge in [-0.05, 0) is 71.2 Å². The Bertz CT molecular complexity index is 1590. The molecule has 1 aromatic heterocycles. The number of fused-ring (bicyclic) bond motifs is 1. The van der Waals surface area contributed by atoms with Gasteiger partial charge >= 0.3 is 0 Å². The van der Waals surface area contributed by atoms with Gasteiger partial charge in [0, 0.05) is 16.5 Å². The minimum atomic E-state index is -0.556. The van der Waals surface area contributed by atoms with Gasteiger partial charge < -0.3 is 20.1 Å². The number of benzene rings is 3. The second kappa shape index (κ2) is 12.4. The highest BCUT2D eigenvalue weighted by molar-refractivity contribution is 9.10. The van der Waals surface area contributed by atoms with E-state index in [2.05, 4.69) is 26.6 Å². The average molecular weight is 641 g/mol. The van der Waals surface area contributed by atoms with E-state index in [0.29, 0.717) is 56.9 Å².